The predicted octanol–water partition coefficient (Wildman–Crippen LogP) is 3.87. The van der Waals surface area contributed by atoms with E-state index in [1.54, 1.807) is 18.2 Å². The molecule has 0 aliphatic heterocycles. The molecular weight excluding hydrogens is 360 g/mol. The Balaban J connectivity index is 1.88. The second-order valence-corrected chi connectivity index (χ2v) is 6.68. The van der Waals surface area contributed by atoms with Crippen molar-refractivity contribution in [3.8, 4) is 0 Å². The van der Waals surface area contributed by atoms with Crippen LogP contribution in [-0.4, -0.2) is 23.7 Å². The molecule has 0 unspecified atom stereocenters. The number of carboxylic acid groups (broad SMARTS) is 1. The van der Waals surface area contributed by atoms with E-state index >= 15 is 0 Å². The first kappa shape index (κ1) is 16.1. The Morgan fingerprint density at radius 2 is 2.10 bits per heavy atom. The van der Waals surface area contributed by atoms with Gasteiger partial charge >= 0.3 is 12.0 Å². The number of nitrogens with one attached hydrogen (secondary N) is 2. The summed E-state index contributed by atoms with van der Waals surface area (Å²) < 4.78 is 0.827. The molecule has 0 radical (unpaired) electrons. The molecular formula is C14H16BrClN2O3. The maximum Gasteiger partial charge on any atom is 0.319 e. The first-order chi connectivity index (χ1) is 9.90. The number of benzene rings is 1. The van der Waals surface area contributed by atoms with Gasteiger partial charge in [-0.05, 0) is 36.5 Å². The molecule has 1 aromatic rings. The van der Waals surface area contributed by atoms with Crippen molar-refractivity contribution < 1.29 is 14.7 Å². The minimum absolute atomic E-state index is 0.0896. The predicted molar refractivity (Wildman–Crippen MR) is 84.7 cm³/mol. The van der Waals surface area contributed by atoms with Crippen molar-refractivity contribution in [2.45, 2.75) is 25.7 Å². The lowest BCUT2D eigenvalue weighted by atomic mass is 9.66. The molecule has 1 saturated carbocycles. The second-order valence-electron chi connectivity index (χ2n) is 5.36. The average molecular weight is 376 g/mol. The van der Waals surface area contributed by atoms with Crippen molar-refractivity contribution in [1.82, 2.24) is 5.32 Å². The Bertz CT molecular complexity index is 561. The zero-order valence-corrected chi connectivity index (χ0v) is 13.6. The van der Waals surface area contributed by atoms with Crippen LogP contribution in [0, 0.1) is 5.41 Å². The number of carbonyl (C=O) groups excluding carboxylic acids is 1. The Labute approximate surface area is 136 Å². The van der Waals surface area contributed by atoms with Crippen molar-refractivity contribution in [3.63, 3.8) is 0 Å². The Morgan fingerprint density at radius 3 is 2.62 bits per heavy atom. The molecule has 0 atom stereocenters. The van der Waals surface area contributed by atoms with E-state index in [4.69, 9.17) is 16.7 Å². The SMILES string of the molecule is O=C(O)CC1(CNC(=O)Nc2ccc(Br)cc2Cl)CCC1. The maximum absolute atomic E-state index is 11.9. The highest BCUT2D eigenvalue weighted by Crippen LogP contribution is 2.43. The summed E-state index contributed by atoms with van der Waals surface area (Å²) in [6, 6.07) is 4.78. The third-order valence-corrected chi connectivity index (χ3v) is 4.55. The van der Waals surface area contributed by atoms with Gasteiger partial charge in [-0.2, -0.15) is 0 Å². The van der Waals surface area contributed by atoms with E-state index in [1.807, 2.05) is 0 Å². The van der Waals surface area contributed by atoms with Crippen LogP contribution in [0.1, 0.15) is 25.7 Å². The van der Waals surface area contributed by atoms with Gasteiger partial charge < -0.3 is 15.7 Å². The van der Waals surface area contributed by atoms with Gasteiger partial charge in [0.25, 0.3) is 0 Å². The fourth-order valence-electron chi connectivity index (χ4n) is 2.44. The van der Waals surface area contributed by atoms with Crippen LogP contribution in [0.3, 0.4) is 0 Å². The molecule has 0 saturated heterocycles. The topological polar surface area (TPSA) is 78.4 Å². The van der Waals surface area contributed by atoms with Crippen molar-refractivity contribution in [3.05, 3.63) is 27.7 Å². The quantitative estimate of drug-likeness (QED) is 0.731. The molecule has 3 N–H and O–H groups in total. The molecule has 0 heterocycles. The molecule has 1 aromatic carbocycles. The molecule has 0 spiro atoms. The van der Waals surface area contributed by atoms with E-state index in [9.17, 15) is 9.59 Å². The van der Waals surface area contributed by atoms with Crippen molar-refractivity contribution in [2.24, 2.45) is 5.41 Å². The maximum atomic E-state index is 11.9. The third kappa shape index (κ3) is 4.35. The van der Waals surface area contributed by atoms with E-state index in [0.717, 1.165) is 23.7 Å². The lowest BCUT2D eigenvalue weighted by Gasteiger charge is -2.40. The van der Waals surface area contributed by atoms with Gasteiger partial charge in [0.2, 0.25) is 0 Å². The third-order valence-electron chi connectivity index (χ3n) is 3.74. The van der Waals surface area contributed by atoms with Gasteiger partial charge in [-0.15, -0.1) is 0 Å². The molecule has 2 rings (SSSR count). The minimum atomic E-state index is -0.826. The smallest absolute Gasteiger partial charge is 0.319 e. The Kier molecular flexibility index (Phi) is 5.11. The summed E-state index contributed by atoms with van der Waals surface area (Å²) in [6.45, 7) is 0.360. The highest BCUT2D eigenvalue weighted by Gasteiger charge is 2.39. The number of urea groups is 1. The highest BCUT2D eigenvalue weighted by molar-refractivity contribution is 9.10. The lowest BCUT2D eigenvalue weighted by molar-refractivity contribution is -0.141. The number of anilines is 1. The summed E-state index contributed by atoms with van der Waals surface area (Å²) in [6.07, 6.45) is 2.76. The number of hydrogen-bond donors (Lipinski definition) is 3. The number of carbonyl (C=O) groups is 2. The van der Waals surface area contributed by atoms with Crippen LogP contribution in [-0.2, 0) is 4.79 Å². The molecule has 5 nitrogen and oxygen atoms in total. The van der Waals surface area contributed by atoms with Crippen LogP contribution in [0.2, 0.25) is 5.02 Å². The van der Waals surface area contributed by atoms with Crippen molar-refractivity contribution in [2.75, 3.05) is 11.9 Å². The molecule has 114 valence electrons. The first-order valence-electron chi connectivity index (χ1n) is 6.62. The summed E-state index contributed by atoms with van der Waals surface area (Å²) in [5.41, 5.74) is 0.213. The summed E-state index contributed by atoms with van der Waals surface area (Å²) >= 11 is 9.31. The molecule has 1 aliphatic carbocycles. The van der Waals surface area contributed by atoms with Crippen molar-refractivity contribution in [1.29, 1.82) is 0 Å². The monoisotopic (exact) mass is 374 g/mol. The minimum Gasteiger partial charge on any atom is -0.481 e. The van der Waals surface area contributed by atoms with Gasteiger partial charge in [-0.25, -0.2) is 4.79 Å². The van der Waals surface area contributed by atoms with Gasteiger partial charge in [0.15, 0.2) is 0 Å². The first-order valence-corrected chi connectivity index (χ1v) is 7.79. The van der Waals surface area contributed by atoms with Gasteiger partial charge in [0.05, 0.1) is 17.1 Å². The van der Waals surface area contributed by atoms with E-state index in [-0.39, 0.29) is 17.9 Å². The Morgan fingerprint density at radius 1 is 1.38 bits per heavy atom. The highest BCUT2D eigenvalue weighted by atomic mass is 79.9. The normalized spacial score (nSPS) is 15.9. The zero-order chi connectivity index (χ0) is 15.5. The van der Waals surface area contributed by atoms with Gasteiger partial charge in [0.1, 0.15) is 0 Å². The molecule has 21 heavy (non-hydrogen) atoms. The summed E-state index contributed by atoms with van der Waals surface area (Å²) in [4.78, 5) is 22.8. The number of halogens is 2. The largest absolute Gasteiger partial charge is 0.481 e. The summed E-state index contributed by atoms with van der Waals surface area (Å²) in [5, 5.41) is 14.8. The van der Waals surface area contributed by atoms with Crippen LogP contribution in [0.15, 0.2) is 22.7 Å². The van der Waals surface area contributed by atoms with Gasteiger partial charge in [-0.3, -0.25) is 4.79 Å². The molecule has 0 bridgehead atoms. The van der Waals surface area contributed by atoms with E-state index < -0.39 is 5.97 Å². The number of hydrogen-bond acceptors (Lipinski definition) is 2. The number of amides is 2. The number of carboxylic acids is 1. The van der Waals surface area contributed by atoms with Gasteiger partial charge in [-0.1, -0.05) is 34.0 Å². The van der Waals surface area contributed by atoms with Crippen LogP contribution in [0.4, 0.5) is 10.5 Å². The number of aliphatic carboxylic acids is 1. The van der Waals surface area contributed by atoms with E-state index in [1.165, 1.54) is 0 Å². The summed E-state index contributed by atoms with van der Waals surface area (Å²) in [5.74, 6) is -0.826. The fourth-order valence-corrected chi connectivity index (χ4v) is 3.16. The van der Waals surface area contributed by atoms with Crippen LogP contribution in [0.5, 0.6) is 0 Å². The van der Waals surface area contributed by atoms with Crippen LogP contribution in [0.25, 0.3) is 0 Å². The van der Waals surface area contributed by atoms with E-state index in [2.05, 4.69) is 26.6 Å². The fraction of sp³-hybridized carbons (Fsp3) is 0.429. The van der Waals surface area contributed by atoms with Crippen molar-refractivity contribution >= 4 is 45.2 Å². The average Bonchev–Trinajstić information content (AvgIpc) is 2.35. The van der Waals surface area contributed by atoms with Crippen LogP contribution < -0.4 is 10.6 Å². The molecule has 1 fully saturated rings. The molecule has 1 aliphatic rings. The zero-order valence-electron chi connectivity index (χ0n) is 11.3. The summed E-state index contributed by atoms with van der Waals surface area (Å²) in [7, 11) is 0. The number of rotatable bonds is 5. The molecule has 0 aromatic heterocycles. The van der Waals surface area contributed by atoms with Gasteiger partial charge in [0, 0.05) is 11.0 Å². The van der Waals surface area contributed by atoms with E-state index in [0.29, 0.717) is 17.3 Å². The molecule has 7 heteroatoms. The second kappa shape index (κ2) is 6.66. The Hall–Kier alpha value is -1.27. The lowest BCUT2D eigenvalue weighted by Crippen LogP contribution is -2.44. The molecule has 2 amide bonds. The standard InChI is InChI=1S/C14H16BrClN2O3/c15-9-2-3-11(10(16)6-9)18-13(21)17-8-14(4-1-5-14)7-12(19)20/h2-3,6H,1,4-5,7-8H2,(H,19,20)(H2,17,18,21). The van der Waals surface area contributed by atoms with Crippen LogP contribution >= 0.6 is 27.5 Å².